The lowest BCUT2D eigenvalue weighted by Gasteiger charge is -2.18. The fourth-order valence-corrected chi connectivity index (χ4v) is 3.74. The summed E-state index contributed by atoms with van der Waals surface area (Å²) in [6.07, 6.45) is 3.55. The topological polar surface area (TPSA) is 68.5 Å². The fourth-order valence-electron chi connectivity index (χ4n) is 3.74. The first kappa shape index (κ1) is 19.6. The van der Waals surface area contributed by atoms with Crippen molar-refractivity contribution in [3.8, 4) is 17.2 Å². The van der Waals surface area contributed by atoms with E-state index in [-0.39, 0.29) is 11.8 Å². The Labute approximate surface area is 186 Å². The average Bonchev–Trinajstić information content (AvgIpc) is 2.85. The Morgan fingerprint density at radius 3 is 2.50 bits per heavy atom. The summed E-state index contributed by atoms with van der Waals surface area (Å²) in [5, 5.41) is 15.5. The molecule has 0 spiro atoms. The molecule has 3 aromatic carbocycles. The minimum Gasteiger partial charge on any atom is -0.505 e. The number of nitrogens with one attached hydrogen (secondary N) is 2. The van der Waals surface area contributed by atoms with Gasteiger partial charge in [-0.15, -0.1) is 0 Å². The van der Waals surface area contributed by atoms with Crippen molar-refractivity contribution in [3.05, 3.63) is 121 Å². The Morgan fingerprint density at radius 2 is 1.66 bits per heavy atom. The zero-order valence-electron chi connectivity index (χ0n) is 17.3. The molecular weight excluding hydrogens is 398 g/mol. The monoisotopic (exact) mass is 420 g/mol. The maximum atomic E-state index is 11.1. The Hall–Kier alpha value is -4.38. The molecule has 1 atom stereocenters. The number of aromatic amines is 1. The predicted octanol–water partition coefficient (Wildman–Crippen LogP) is 5.75. The second-order valence-electron chi connectivity index (χ2n) is 7.42. The first-order valence-electron chi connectivity index (χ1n) is 10.4. The normalized spacial score (nSPS) is 11.8. The maximum absolute atomic E-state index is 11.1. The molecule has 5 aromatic rings. The van der Waals surface area contributed by atoms with Crippen LogP contribution in [0.2, 0.25) is 0 Å². The molecule has 0 radical (unpaired) electrons. The molecule has 5 nitrogen and oxygen atoms in total. The second-order valence-corrected chi connectivity index (χ2v) is 7.42. The number of rotatable bonds is 6. The fraction of sp³-hybridized carbons (Fsp3) is 0.0370. The molecule has 5 rings (SSSR count). The summed E-state index contributed by atoms with van der Waals surface area (Å²) in [7, 11) is 0. The van der Waals surface area contributed by atoms with Crippen molar-refractivity contribution >= 4 is 16.7 Å². The Kier molecular flexibility index (Phi) is 5.37. The number of pyridine rings is 2. The minimum absolute atomic E-state index is 0.158. The van der Waals surface area contributed by atoms with Crippen molar-refractivity contribution in [2.24, 2.45) is 0 Å². The van der Waals surface area contributed by atoms with Crippen molar-refractivity contribution in [1.29, 1.82) is 0 Å². The van der Waals surface area contributed by atoms with E-state index in [1.54, 1.807) is 6.20 Å². The van der Waals surface area contributed by atoms with Gasteiger partial charge in [0, 0.05) is 28.8 Å². The van der Waals surface area contributed by atoms with E-state index in [1.165, 1.54) is 0 Å². The molecule has 2 aromatic heterocycles. The lowest BCUT2D eigenvalue weighted by molar-refractivity contribution is -0.361. The quantitative estimate of drug-likeness (QED) is 0.367. The van der Waals surface area contributed by atoms with E-state index in [1.807, 2.05) is 103 Å². The van der Waals surface area contributed by atoms with E-state index in [0.717, 1.165) is 33.8 Å². The zero-order valence-corrected chi connectivity index (χ0v) is 17.3. The van der Waals surface area contributed by atoms with Crippen LogP contribution < -0.4 is 15.0 Å². The Balaban J connectivity index is 1.58. The van der Waals surface area contributed by atoms with Crippen LogP contribution in [0, 0.1) is 0 Å². The van der Waals surface area contributed by atoms with Crippen LogP contribution in [0.25, 0.3) is 10.9 Å². The van der Waals surface area contributed by atoms with E-state index >= 15 is 0 Å². The van der Waals surface area contributed by atoms with Gasteiger partial charge in [0.05, 0.1) is 6.20 Å². The number of anilines is 1. The molecular formula is C27H22N3O2+. The van der Waals surface area contributed by atoms with Gasteiger partial charge >= 0.3 is 0 Å². The van der Waals surface area contributed by atoms with Crippen molar-refractivity contribution in [1.82, 2.24) is 4.98 Å². The van der Waals surface area contributed by atoms with E-state index < -0.39 is 0 Å². The van der Waals surface area contributed by atoms with Crippen molar-refractivity contribution in [2.45, 2.75) is 6.04 Å². The van der Waals surface area contributed by atoms with Gasteiger partial charge in [0.25, 0.3) is 5.82 Å². The first-order chi connectivity index (χ1) is 15.8. The maximum Gasteiger partial charge on any atom is 0.272 e. The molecule has 0 unspecified atom stereocenters. The molecule has 0 saturated heterocycles. The number of para-hydroxylation sites is 1. The lowest BCUT2D eigenvalue weighted by Crippen LogP contribution is -2.19. The van der Waals surface area contributed by atoms with Crippen LogP contribution in [-0.2, 0) is 0 Å². The number of aromatic nitrogens is 2. The number of H-pyrrole nitrogens is 1. The van der Waals surface area contributed by atoms with Gasteiger partial charge in [0.1, 0.15) is 28.8 Å². The number of aromatic hydroxyl groups is 1. The lowest BCUT2D eigenvalue weighted by atomic mass is 9.96. The van der Waals surface area contributed by atoms with E-state index in [9.17, 15) is 5.11 Å². The zero-order chi connectivity index (χ0) is 21.8. The van der Waals surface area contributed by atoms with Crippen molar-refractivity contribution in [2.75, 3.05) is 5.32 Å². The third-order valence-corrected chi connectivity index (χ3v) is 5.27. The standard InChI is InChI=1S/C27H21N3O2/c31-27-23(15-14-19-9-7-17-29-26(19)27)25(30-24-13-4-5-16-28-24)20-8-6-12-22(18-20)32-21-10-2-1-3-11-21/h1-18,25,31H,(H,28,30)/p+1/t25-/m0/s1. The average molecular weight is 420 g/mol. The summed E-state index contributed by atoms with van der Waals surface area (Å²) in [5.41, 5.74) is 2.25. The van der Waals surface area contributed by atoms with Crippen LogP contribution in [0.4, 0.5) is 5.82 Å². The SMILES string of the molecule is Oc1c([C@@H](Nc2cccc[nH+]2)c2cccc(Oc3ccccc3)c2)ccc2cccnc12. The highest BCUT2D eigenvalue weighted by Crippen LogP contribution is 2.37. The van der Waals surface area contributed by atoms with E-state index in [4.69, 9.17) is 4.74 Å². The molecule has 0 aliphatic heterocycles. The second kappa shape index (κ2) is 8.78. The third-order valence-electron chi connectivity index (χ3n) is 5.27. The summed E-state index contributed by atoms with van der Waals surface area (Å²) < 4.78 is 6.05. The van der Waals surface area contributed by atoms with Crippen LogP contribution in [0.3, 0.4) is 0 Å². The largest absolute Gasteiger partial charge is 0.505 e. The molecule has 0 fully saturated rings. The summed E-state index contributed by atoms with van der Waals surface area (Å²) in [6.45, 7) is 0. The number of hydrogen-bond acceptors (Lipinski definition) is 4. The number of benzene rings is 3. The van der Waals surface area contributed by atoms with Gasteiger partial charge in [0.15, 0.2) is 0 Å². The smallest absolute Gasteiger partial charge is 0.272 e. The molecule has 3 N–H and O–H groups in total. The number of phenolic OH excluding ortho intramolecular Hbond substituents is 1. The van der Waals surface area contributed by atoms with Crippen LogP contribution in [0.15, 0.2) is 109 Å². The van der Waals surface area contributed by atoms with E-state index in [2.05, 4.69) is 15.3 Å². The summed E-state index contributed by atoms with van der Waals surface area (Å²) >= 11 is 0. The van der Waals surface area contributed by atoms with Gasteiger partial charge in [-0.25, -0.2) is 4.98 Å². The van der Waals surface area contributed by atoms with Crippen LogP contribution >= 0.6 is 0 Å². The van der Waals surface area contributed by atoms with Gasteiger partial charge in [-0.05, 0) is 42.5 Å². The van der Waals surface area contributed by atoms with Gasteiger partial charge in [-0.3, -0.25) is 10.3 Å². The van der Waals surface area contributed by atoms with Crippen molar-refractivity contribution < 1.29 is 14.8 Å². The van der Waals surface area contributed by atoms with E-state index in [0.29, 0.717) is 5.52 Å². The molecule has 2 heterocycles. The molecule has 0 aliphatic rings. The highest BCUT2D eigenvalue weighted by Gasteiger charge is 2.24. The van der Waals surface area contributed by atoms with Crippen LogP contribution in [0.5, 0.6) is 17.2 Å². The molecule has 0 aliphatic carbocycles. The number of hydrogen-bond donors (Lipinski definition) is 2. The van der Waals surface area contributed by atoms with Gasteiger partial charge in [-0.2, -0.15) is 0 Å². The molecule has 5 heteroatoms. The third kappa shape index (κ3) is 4.09. The van der Waals surface area contributed by atoms with Crippen LogP contribution in [-0.4, -0.2) is 10.1 Å². The Bertz CT molecular complexity index is 1340. The summed E-state index contributed by atoms with van der Waals surface area (Å²) in [6, 6.07) is 30.7. The van der Waals surface area contributed by atoms with Gasteiger partial charge in [0.2, 0.25) is 0 Å². The van der Waals surface area contributed by atoms with Gasteiger partial charge < -0.3 is 9.84 Å². The molecule has 0 amide bonds. The summed E-state index contributed by atoms with van der Waals surface area (Å²) in [4.78, 5) is 7.60. The first-order valence-corrected chi connectivity index (χ1v) is 10.4. The van der Waals surface area contributed by atoms with Gasteiger partial charge in [-0.1, -0.05) is 48.5 Å². The molecule has 0 bridgehead atoms. The Morgan fingerprint density at radius 1 is 0.812 bits per heavy atom. The molecule has 0 saturated carbocycles. The number of nitrogens with zero attached hydrogens (tertiary/aromatic N) is 1. The highest BCUT2D eigenvalue weighted by molar-refractivity contribution is 5.86. The van der Waals surface area contributed by atoms with Crippen LogP contribution in [0.1, 0.15) is 17.2 Å². The summed E-state index contributed by atoms with van der Waals surface area (Å²) in [5.74, 6) is 2.47. The highest BCUT2D eigenvalue weighted by atomic mass is 16.5. The molecule has 156 valence electrons. The molecule has 32 heavy (non-hydrogen) atoms. The predicted molar refractivity (Wildman–Crippen MR) is 125 cm³/mol. The number of fused-ring (bicyclic) bond motifs is 1. The minimum atomic E-state index is -0.334. The van der Waals surface area contributed by atoms with Crippen molar-refractivity contribution in [3.63, 3.8) is 0 Å². The number of ether oxygens (including phenoxy) is 1. The number of phenols is 1.